The van der Waals surface area contributed by atoms with Gasteiger partial charge >= 0.3 is 0 Å². The van der Waals surface area contributed by atoms with Gasteiger partial charge in [-0.05, 0) is 56.3 Å². The zero-order chi connectivity index (χ0) is 24.9. The van der Waals surface area contributed by atoms with Crippen LogP contribution in [0.1, 0.15) is 58.1 Å². The van der Waals surface area contributed by atoms with Gasteiger partial charge in [0.1, 0.15) is 11.5 Å². The molecule has 0 saturated carbocycles. The average molecular weight is 468 g/mol. The van der Waals surface area contributed by atoms with Crippen molar-refractivity contribution in [1.29, 1.82) is 0 Å². The van der Waals surface area contributed by atoms with Crippen LogP contribution < -0.4 is 25.0 Å². The Kier molecular flexibility index (Phi) is 11.6. The van der Waals surface area contributed by atoms with Crippen molar-refractivity contribution >= 4 is 23.2 Å². The van der Waals surface area contributed by atoms with Crippen LogP contribution in [0, 0.1) is 0 Å². The maximum atomic E-state index is 13.3. The van der Waals surface area contributed by atoms with Crippen molar-refractivity contribution in [3.05, 3.63) is 53.6 Å². The SMILES string of the molecule is CCC.CCNC(CC)CCNCN1C(=O)/C(=C/c2cc(OC)ccc2OC)c2ccccc21. The first kappa shape index (κ1) is 27.4. The van der Waals surface area contributed by atoms with Gasteiger partial charge in [0.15, 0.2) is 0 Å². The van der Waals surface area contributed by atoms with E-state index in [2.05, 4.69) is 38.3 Å². The van der Waals surface area contributed by atoms with E-state index in [9.17, 15) is 4.79 Å². The second-order valence-corrected chi connectivity index (χ2v) is 8.23. The zero-order valence-corrected chi connectivity index (χ0v) is 21.6. The Hall–Kier alpha value is -2.83. The summed E-state index contributed by atoms with van der Waals surface area (Å²) in [6.07, 6.45) is 5.26. The minimum atomic E-state index is -0.0164. The van der Waals surface area contributed by atoms with Crippen LogP contribution in [0.2, 0.25) is 0 Å². The van der Waals surface area contributed by atoms with Gasteiger partial charge in [-0.1, -0.05) is 52.3 Å². The summed E-state index contributed by atoms with van der Waals surface area (Å²) in [6.45, 7) is 10.9. The first-order valence-electron chi connectivity index (χ1n) is 12.3. The van der Waals surface area contributed by atoms with Crippen molar-refractivity contribution in [2.45, 2.75) is 53.0 Å². The first-order chi connectivity index (χ1) is 16.5. The molecule has 1 amide bonds. The molecule has 1 aliphatic heterocycles. The number of hydrogen-bond acceptors (Lipinski definition) is 5. The summed E-state index contributed by atoms with van der Waals surface area (Å²) in [5.74, 6) is 1.40. The number of rotatable bonds is 11. The molecule has 6 heteroatoms. The molecule has 3 rings (SSSR count). The van der Waals surface area contributed by atoms with Crippen molar-refractivity contribution < 1.29 is 14.3 Å². The summed E-state index contributed by atoms with van der Waals surface area (Å²) in [4.78, 5) is 15.1. The molecule has 34 heavy (non-hydrogen) atoms. The minimum absolute atomic E-state index is 0.0164. The van der Waals surface area contributed by atoms with Crippen molar-refractivity contribution in [3.8, 4) is 11.5 Å². The minimum Gasteiger partial charge on any atom is -0.497 e. The summed E-state index contributed by atoms with van der Waals surface area (Å²) in [5, 5.41) is 6.93. The fourth-order valence-corrected chi connectivity index (χ4v) is 3.92. The van der Waals surface area contributed by atoms with Crippen LogP contribution in [-0.4, -0.2) is 45.9 Å². The van der Waals surface area contributed by atoms with Crippen LogP contribution in [0.3, 0.4) is 0 Å². The Morgan fingerprint density at radius 3 is 2.41 bits per heavy atom. The molecular formula is C28H41N3O3. The van der Waals surface area contributed by atoms with Crippen LogP contribution in [0.5, 0.6) is 11.5 Å². The molecule has 1 atom stereocenters. The average Bonchev–Trinajstić information content (AvgIpc) is 3.12. The van der Waals surface area contributed by atoms with Crippen LogP contribution in [0.4, 0.5) is 5.69 Å². The number of fused-ring (bicyclic) bond motifs is 1. The molecule has 1 unspecified atom stereocenters. The van der Waals surface area contributed by atoms with Gasteiger partial charge in [0.25, 0.3) is 5.91 Å². The second-order valence-electron chi connectivity index (χ2n) is 8.23. The summed E-state index contributed by atoms with van der Waals surface area (Å²) >= 11 is 0. The molecule has 1 heterocycles. The highest BCUT2D eigenvalue weighted by Crippen LogP contribution is 2.38. The van der Waals surface area contributed by atoms with E-state index >= 15 is 0 Å². The molecule has 2 aromatic rings. The summed E-state index contributed by atoms with van der Waals surface area (Å²) in [7, 11) is 3.25. The van der Waals surface area contributed by atoms with Crippen molar-refractivity contribution in [3.63, 3.8) is 0 Å². The molecule has 0 aromatic heterocycles. The van der Waals surface area contributed by atoms with Gasteiger partial charge in [0.05, 0.1) is 26.6 Å². The van der Waals surface area contributed by atoms with Gasteiger partial charge in [-0.2, -0.15) is 0 Å². The lowest BCUT2D eigenvalue weighted by Gasteiger charge is -2.20. The van der Waals surface area contributed by atoms with Crippen LogP contribution in [-0.2, 0) is 4.79 Å². The Labute approximate surface area is 205 Å². The van der Waals surface area contributed by atoms with E-state index in [1.807, 2.05) is 53.4 Å². The third-order valence-electron chi connectivity index (χ3n) is 5.62. The molecule has 1 aliphatic rings. The van der Waals surface area contributed by atoms with Crippen LogP contribution >= 0.6 is 0 Å². The molecule has 2 N–H and O–H groups in total. The second kappa shape index (κ2) is 14.4. The molecule has 0 fully saturated rings. The lowest BCUT2D eigenvalue weighted by atomic mass is 10.0. The van der Waals surface area contributed by atoms with E-state index < -0.39 is 0 Å². The number of amides is 1. The topological polar surface area (TPSA) is 62.8 Å². The van der Waals surface area contributed by atoms with Crippen molar-refractivity contribution in [1.82, 2.24) is 10.6 Å². The quantitative estimate of drug-likeness (QED) is 0.345. The van der Waals surface area contributed by atoms with Crippen LogP contribution in [0.15, 0.2) is 42.5 Å². The monoisotopic (exact) mass is 467 g/mol. The maximum absolute atomic E-state index is 13.3. The predicted octanol–water partition coefficient (Wildman–Crippen LogP) is 5.33. The van der Waals surface area contributed by atoms with Crippen molar-refractivity contribution in [2.75, 3.05) is 38.9 Å². The Morgan fingerprint density at radius 2 is 1.76 bits per heavy atom. The predicted molar refractivity (Wildman–Crippen MR) is 143 cm³/mol. The Bertz CT molecular complexity index is 942. The number of anilines is 1. The highest BCUT2D eigenvalue weighted by atomic mass is 16.5. The number of ether oxygens (including phenoxy) is 2. The van der Waals surface area contributed by atoms with E-state index in [0.717, 1.165) is 48.5 Å². The van der Waals surface area contributed by atoms with E-state index in [-0.39, 0.29) is 5.91 Å². The van der Waals surface area contributed by atoms with Gasteiger partial charge in [0.2, 0.25) is 0 Å². The first-order valence-corrected chi connectivity index (χ1v) is 12.3. The molecule has 0 radical (unpaired) electrons. The summed E-state index contributed by atoms with van der Waals surface area (Å²) in [6, 6.07) is 14.0. The number of benzene rings is 2. The number of para-hydroxylation sites is 1. The van der Waals surface area contributed by atoms with E-state index in [4.69, 9.17) is 9.47 Å². The molecule has 0 aliphatic carbocycles. The lowest BCUT2D eigenvalue weighted by molar-refractivity contribution is -0.113. The highest BCUT2D eigenvalue weighted by molar-refractivity contribution is 6.35. The number of nitrogens with zero attached hydrogens (tertiary/aromatic N) is 1. The smallest absolute Gasteiger partial charge is 0.260 e. The fraction of sp³-hybridized carbons (Fsp3) is 0.464. The highest BCUT2D eigenvalue weighted by Gasteiger charge is 2.32. The summed E-state index contributed by atoms with van der Waals surface area (Å²) in [5.41, 5.74) is 3.32. The van der Waals surface area contributed by atoms with Crippen molar-refractivity contribution in [2.24, 2.45) is 0 Å². The van der Waals surface area contributed by atoms with Gasteiger partial charge in [-0.15, -0.1) is 0 Å². The third kappa shape index (κ3) is 7.08. The molecule has 0 saturated heterocycles. The molecule has 0 bridgehead atoms. The normalized spacial score (nSPS) is 14.5. The maximum Gasteiger partial charge on any atom is 0.260 e. The largest absolute Gasteiger partial charge is 0.497 e. The lowest BCUT2D eigenvalue weighted by Crippen LogP contribution is -2.39. The number of hydrogen-bond donors (Lipinski definition) is 2. The number of methoxy groups -OCH3 is 2. The van der Waals surface area contributed by atoms with Gasteiger partial charge in [-0.3, -0.25) is 15.0 Å². The van der Waals surface area contributed by atoms with Crippen LogP contribution in [0.25, 0.3) is 11.6 Å². The molecule has 2 aromatic carbocycles. The Morgan fingerprint density at radius 1 is 1.03 bits per heavy atom. The molecular weight excluding hydrogens is 426 g/mol. The number of carbonyl (C=O) groups excluding carboxylic acids is 1. The van der Waals surface area contributed by atoms with Gasteiger partial charge in [0, 0.05) is 22.7 Å². The molecule has 0 spiro atoms. The van der Waals surface area contributed by atoms with E-state index in [1.165, 1.54) is 6.42 Å². The Balaban J connectivity index is 0.00000129. The standard InChI is InChI=1S/C25H33N3O3.C3H8/c1-5-19(27-6-2)13-14-26-17-28-23-10-8-7-9-21(23)22(25(28)29)16-18-15-20(30-3)11-12-24(18)31-4;1-3-2/h7-12,15-16,19,26-27H,5-6,13-14,17H2,1-4H3;3H2,1-2H3/b22-16+;. The number of carbonyl (C=O) groups is 1. The molecule has 6 nitrogen and oxygen atoms in total. The zero-order valence-electron chi connectivity index (χ0n) is 21.6. The van der Waals surface area contributed by atoms with Gasteiger partial charge in [-0.25, -0.2) is 0 Å². The van der Waals surface area contributed by atoms with Gasteiger partial charge < -0.3 is 14.8 Å². The van der Waals surface area contributed by atoms with E-state index in [0.29, 0.717) is 24.0 Å². The summed E-state index contributed by atoms with van der Waals surface area (Å²) < 4.78 is 10.8. The van der Waals surface area contributed by atoms with E-state index in [1.54, 1.807) is 14.2 Å². The number of nitrogens with one attached hydrogen (secondary N) is 2. The third-order valence-corrected chi connectivity index (χ3v) is 5.62. The fourth-order valence-electron chi connectivity index (χ4n) is 3.92. The molecule has 186 valence electrons.